The molecule has 1 aromatic carbocycles. The molecule has 2 rings (SSSR count). The Morgan fingerprint density at radius 2 is 2.33 bits per heavy atom. The van der Waals surface area contributed by atoms with Gasteiger partial charge in [0.1, 0.15) is 6.61 Å². The number of thiocarbonyl (C=S) groups is 1. The lowest BCUT2D eigenvalue weighted by atomic mass is 10.1. The number of nitrogens with one attached hydrogen (secondary N) is 1. The maximum Gasteiger partial charge on any atom is 0.261 e. The Morgan fingerprint density at radius 1 is 1.50 bits per heavy atom. The molecule has 0 amide bonds. The molecule has 0 spiro atoms. The number of nitrogen functional groups attached to an aromatic ring is 1. The number of anilines is 2. The topological polar surface area (TPSA) is 47.3 Å². The van der Waals surface area contributed by atoms with Crippen LogP contribution in [-0.4, -0.2) is 5.17 Å². The van der Waals surface area contributed by atoms with Crippen LogP contribution in [-0.2, 0) is 11.3 Å². The molecule has 0 aliphatic carbocycles. The van der Waals surface area contributed by atoms with Gasteiger partial charge < -0.3 is 15.8 Å². The van der Waals surface area contributed by atoms with Gasteiger partial charge in [-0.05, 0) is 24.4 Å². The maximum atomic E-state index is 5.60. The van der Waals surface area contributed by atoms with Gasteiger partial charge in [-0.1, -0.05) is 6.07 Å². The highest BCUT2D eigenvalue weighted by Crippen LogP contribution is 2.23. The van der Waals surface area contributed by atoms with Gasteiger partial charge in [-0.15, -0.1) is 0 Å². The largest absolute Gasteiger partial charge is 0.466 e. The molecule has 1 aromatic rings. The molecule has 1 aliphatic heterocycles. The minimum absolute atomic E-state index is 0.410. The van der Waals surface area contributed by atoms with Gasteiger partial charge in [0.2, 0.25) is 0 Å². The van der Waals surface area contributed by atoms with Crippen molar-refractivity contribution in [1.82, 2.24) is 0 Å². The quantitative estimate of drug-likeness (QED) is 0.469. The molecule has 12 heavy (non-hydrogen) atoms. The summed E-state index contributed by atoms with van der Waals surface area (Å²) in [5, 5.41) is 3.34. The number of hydrogen-bond acceptors (Lipinski definition) is 3. The molecular formula is C8H8N2OS. The maximum absolute atomic E-state index is 5.60. The van der Waals surface area contributed by atoms with E-state index in [2.05, 4.69) is 5.32 Å². The van der Waals surface area contributed by atoms with E-state index >= 15 is 0 Å². The van der Waals surface area contributed by atoms with E-state index in [9.17, 15) is 0 Å². The molecule has 0 atom stereocenters. The summed E-state index contributed by atoms with van der Waals surface area (Å²) in [5.41, 5.74) is 8.36. The Kier molecular flexibility index (Phi) is 1.62. The Hall–Kier alpha value is -1.29. The minimum Gasteiger partial charge on any atom is -0.466 e. The lowest BCUT2D eigenvalue weighted by Crippen LogP contribution is -2.19. The van der Waals surface area contributed by atoms with Gasteiger partial charge in [0.05, 0.1) is 5.69 Å². The number of fused-ring (bicyclic) bond motifs is 1. The predicted octanol–water partition coefficient (Wildman–Crippen LogP) is 1.50. The molecule has 62 valence electrons. The highest BCUT2D eigenvalue weighted by atomic mass is 32.1. The van der Waals surface area contributed by atoms with Crippen molar-refractivity contribution >= 4 is 28.8 Å². The third-order valence-corrected chi connectivity index (χ3v) is 1.95. The summed E-state index contributed by atoms with van der Waals surface area (Å²) in [7, 11) is 0. The first-order valence-corrected chi connectivity index (χ1v) is 3.99. The van der Waals surface area contributed by atoms with Crippen molar-refractivity contribution < 1.29 is 4.74 Å². The number of benzene rings is 1. The fraction of sp³-hybridized carbons (Fsp3) is 0.125. The summed E-state index contributed by atoms with van der Waals surface area (Å²) in [6, 6.07) is 5.63. The van der Waals surface area contributed by atoms with Gasteiger partial charge in [-0.3, -0.25) is 0 Å². The van der Waals surface area contributed by atoms with E-state index in [-0.39, 0.29) is 0 Å². The van der Waals surface area contributed by atoms with E-state index in [0.29, 0.717) is 11.8 Å². The first-order valence-electron chi connectivity index (χ1n) is 3.58. The summed E-state index contributed by atoms with van der Waals surface area (Å²) < 4.78 is 5.12. The van der Waals surface area contributed by atoms with Crippen LogP contribution in [0.15, 0.2) is 18.2 Å². The number of hydrogen-bond donors (Lipinski definition) is 2. The van der Waals surface area contributed by atoms with E-state index in [1.54, 1.807) is 0 Å². The van der Waals surface area contributed by atoms with Crippen LogP contribution in [0.1, 0.15) is 5.56 Å². The van der Waals surface area contributed by atoms with Crippen molar-refractivity contribution in [2.75, 3.05) is 11.1 Å². The summed E-state index contributed by atoms with van der Waals surface area (Å²) in [6.45, 7) is 0.529. The second kappa shape index (κ2) is 2.64. The van der Waals surface area contributed by atoms with E-state index in [1.165, 1.54) is 0 Å². The first-order chi connectivity index (χ1) is 5.75. The van der Waals surface area contributed by atoms with Gasteiger partial charge in [0.25, 0.3) is 5.17 Å². The molecule has 0 bridgehead atoms. The second-order valence-corrected chi connectivity index (χ2v) is 2.99. The molecule has 4 heteroatoms. The van der Waals surface area contributed by atoms with E-state index < -0.39 is 0 Å². The Balaban J connectivity index is 2.44. The zero-order valence-electron chi connectivity index (χ0n) is 6.33. The zero-order valence-corrected chi connectivity index (χ0v) is 7.15. The first kappa shape index (κ1) is 7.36. The molecule has 1 aliphatic rings. The van der Waals surface area contributed by atoms with Crippen molar-refractivity contribution in [2.45, 2.75) is 6.61 Å². The SMILES string of the molecule is Nc1ccc2c(c1)NC(=S)OC2. The molecule has 3 N–H and O–H groups in total. The smallest absolute Gasteiger partial charge is 0.261 e. The van der Waals surface area contributed by atoms with Crippen molar-refractivity contribution in [2.24, 2.45) is 0 Å². The van der Waals surface area contributed by atoms with Crippen molar-refractivity contribution in [3.8, 4) is 0 Å². The average molecular weight is 180 g/mol. The van der Waals surface area contributed by atoms with Gasteiger partial charge in [-0.2, -0.15) is 0 Å². The molecule has 3 nitrogen and oxygen atoms in total. The highest BCUT2D eigenvalue weighted by Gasteiger charge is 2.11. The average Bonchev–Trinajstić information content (AvgIpc) is 2.03. The monoisotopic (exact) mass is 180 g/mol. The number of nitrogens with two attached hydrogens (primary N) is 1. The minimum atomic E-state index is 0.410. The molecule has 0 aromatic heterocycles. The molecular weight excluding hydrogens is 172 g/mol. The van der Waals surface area contributed by atoms with Crippen molar-refractivity contribution in [1.29, 1.82) is 0 Å². The third-order valence-electron chi connectivity index (χ3n) is 1.73. The molecule has 0 saturated heterocycles. The molecule has 0 saturated carbocycles. The lowest BCUT2D eigenvalue weighted by Gasteiger charge is -2.19. The molecule has 0 radical (unpaired) electrons. The predicted molar refractivity (Wildman–Crippen MR) is 51.9 cm³/mol. The second-order valence-electron chi connectivity index (χ2n) is 2.62. The van der Waals surface area contributed by atoms with Crippen LogP contribution in [0.3, 0.4) is 0 Å². The Labute approximate surface area is 75.5 Å². The standard InChI is InChI=1S/C8H8N2OS/c9-6-2-1-5-4-11-8(12)10-7(5)3-6/h1-3H,4,9H2,(H,10,12). The third kappa shape index (κ3) is 1.21. The normalized spacial score (nSPS) is 14.5. The van der Waals surface area contributed by atoms with Crippen molar-refractivity contribution in [3.63, 3.8) is 0 Å². The van der Waals surface area contributed by atoms with E-state index in [0.717, 1.165) is 16.9 Å². The van der Waals surface area contributed by atoms with Crippen LogP contribution < -0.4 is 11.1 Å². The van der Waals surface area contributed by atoms with Crippen LogP contribution in [0.25, 0.3) is 0 Å². The van der Waals surface area contributed by atoms with Gasteiger partial charge in [-0.25, -0.2) is 0 Å². The van der Waals surface area contributed by atoms with Gasteiger partial charge >= 0.3 is 0 Å². The van der Waals surface area contributed by atoms with E-state index in [1.807, 2.05) is 18.2 Å². The molecule has 0 unspecified atom stereocenters. The Morgan fingerprint density at radius 3 is 3.17 bits per heavy atom. The van der Waals surface area contributed by atoms with Gasteiger partial charge in [0, 0.05) is 11.3 Å². The van der Waals surface area contributed by atoms with Crippen LogP contribution in [0, 0.1) is 0 Å². The molecule has 0 fully saturated rings. The summed E-state index contributed by atoms with van der Waals surface area (Å²) in [6.07, 6.45) is 0. The van der Waals surface area contributed by atoms with Crippen LogP contribution in [0.2, 0.25) is 0 Å². The summed E-state index contributed by atoms with van der Waals surface area (Å²) >= 11 is 4.85. The summed E-state index contributed by atoms with van der Waals surface area (Å²) in [5.74, 6) is 0. The fourth-order valence-electron chi connectivity index (χ4n) is 1.13. The van der Waals surface area contributed by atoms with Crippen LogP contribution in [0.5, 0.6) is 0 Å². The number of rotatable bonds is 0. The highest BCUT2D eigenvalue weighted by molar-refractivity contribution is 7.80. The zero-order chi connectivity index (χ0) is 8.55. The Bertz CT molecular complexity index is 338. The van der Waals surface area contributed by atoms with Crippen LogP contribution in [0.4, 0.5) is 11.4 Å². The van der Waals surface area contributed by atoms with Gasteiger partial charge in [0.15, 0.2) is 0 Å². The number of ether oxygens (including phenoxy) is 1. The lowest BCUT2D eigenvalue weighted by molar-refractivity contribution is 0.294. The van der Waals surface area contributed by atoms with E-state index in [4.69, 9.17) is 22.7 Å². The molecule has 1 heterocycles. The van der Waals surface area contributed by atoms with Crippen LogP contribution >= 0.6 is 12.2 Å². The fourth-order valence-corrected chi connectivity index (χ4v) is 1.29. The van der Waals surface area contributed by atoms with Crippen molar-refractivity contribution in [3.05, 3.63) is 23.8 Å². The summed E-state index contributed by atoms with van der Waals surface area (Å²) in [4.78, 5) is 0.